The third kappa shape index (κ3) is 2.67. The van der Waals surface area contributed by atoms with Gasteiger partial charge in [-0.05, 0) is 43.0 Å². The molecule has 144 valence electrons. The van der Waals surface area contributed by atoms with Gasteiger partial charge < -0.3 is 9.80 Å². The number of likely N-dealkylation sites (N-methyl/N-ethyl adjacent to an activating group) is 1. The molecule has 8 nitrogen and oxygen atoms in total. The number of carbonyl (C=O) groups excluding carboxylic acids is 1. The van der Waals surface area contributed by atoms with Gasteiger partial charge >= 0.3 is 5.69 Å². The molecule has 1 amide bonds. The Morgan fingerprint density at radius 2 is 2.04 bits per heavy atom. The normalized spacial score (nSPS) is 17.5. The number of aromatic nitrogens is 4. The van der Waals surface area contributed by atoms with E-state index < -0.39 is 0 Å². The van der Waals surface area contributed by atoms with Crippen LogP contribution >= 0.6 is 0 Å². The SMILES string of the molecule is CN1CCN(CC2CCC2)c2nc(-n3c(=O)[nH]c4ncccc43)ccc2C1=O. The van der Waals surface area contributed by atoms with Gasteiger partial charge in [0.05, 0.1) is 11.1 Å². The highest BCUT2D eigenvalue weighted by Gasteiger charge is 2.29. The van der Waals surface area contributed by atoms with Gasteiger partial charge in [0.25, 0.3) is 5.91 Å². The van der Waals surface area contributed by atoms with Crippen LogP contribution in [0.3, 0.4) is 0 Å². The molecule has 0 atom stereocenters. The number of nitrogens with one attached hydrogen (secondary N) is 1. The standard InChI is InChI=1S/C20H22N6O2/c1-24-10-11-25(12-13-4-2-5-13)18-14(19(24)27)7-8-16(22-18)26-15-6-3-9-21-17(15)23-20(26)28/h3,6-9,13H,2,4-5,10-12H2,1H3,(H,21,23,28). The van der Waals surface area contributed by atoms with E-state index in [0.717, 1.165) is 13.1 Å². The number of imidazole rings is 1. The van der Waals surface area contributed by atoms with E-state index in [0.29, 0.717) is 40.8 Å². The maximum Gasteiger partial charge on any atom is 0.333 e. The van der Waals surface area contributed by atoms with Gasteiger partial charge in [-0.1, -0.05) is 6.42 Å². The fourth-order valence-electron chi connectivity index (χ4n) is 3.99. The molecule has 0 bridgehead atoms. The molecule has 3 aromatic heterocycles. The van der Waals surface area contributed by atoms with E-state index in [9.17, 15) is 9.59 Å². The zero-order valence-corrected chi connectivity index (χ0v) is 15.8. The molecule has 8 heteroatoms. The lowest BCUT2D eigenvalue weighted by molar-refractivity contribution is 0.0804. The van der Waals surface area contributed by atoms with Crippen molar-refractivity contribution in [3.05, 3.63) is 46.5 Å². The Morgan fingerprint density at radius 3 is 2.82 bits per heavy atom. The number of carbonyl (C=O) groups is 1. The molecule has 1 aliphatic carbocycles. The van der Waals surface area contributed by atoms with Crippen molar-refractivity contribution in [3.8, 4) is 5.82 Å². The fourth-order valence-corrected chi connectivity index (χ4v) is 3.99. The predicted molar refractivity (Wildman–Crippen MR) is 106 cm³/mol. The van der Waals surface area contributed by atoms with E-state index >= 15 is 0 Å². The molecular weight excluding hydrogens is 356 g/mol. The Bertz CT molecular complexity index is 1110. The molecule has 0 unspecified atom stereocenters. The number of hydrogen-bond donors (Lipinski definition) is 1. The number of hydrogen-bond acceptors (Lipinski definition) is 5. The number of aromatic amines is 1. The highest BCUT2D eigenvalue weighted by molar-refractivity contribution is 5.99. The predicted octanol–water partition coefficient (Wildman–Crippen LogP) is 1.80. The summed E-state index contributed by atoms with van der Waals surface area (Å²) in [6.07, 6.45) is 5.36. The molecule has 0 saturated heterocycles. The summed E-state index contributed by atoms with van der Waals surface area (Å²) in [5, 5.41) is 0. The van der Waals surface area contributed by atoms with Gasteiger partial charge in [-0.2, -0.15) is 0 Å². The zero-order chi connectivity index (χ0) is 19.3. The fraction of sp³-hybridized carbons (Fsp3) is 0.400. The van der Waals surface area contributed by atoms with Gasteiger partial charge in [0, 0.05) is 32.9 Å². The van der Waals surface area contributed by atoms with Crippen LogP contribution in [0, 0.1) is 5.92 Å². The molecular formula is C20H22N6O2. The first kappa shape index (κ1) is 17.0. The van der Waals surface area contributed by atoms with E-state index in [1.165, 1.54) is 23.8 Å². The maximum absolute atomic E-state index is 12.8. The summed E-state index contributed by atoms with van der Waals surface area (Å²) in [5.41, 5.74) is 1.49. The molecule has 1 aliphatic heterocycles. The van der Waals surface area contributed by atoms with Gasteiger partial charge in [0.1, 0.15) is 11.6 Å². The van der Waals surface area contributed by atoms with Gasteiger partial charge in [-0.3, -0.25) is 9.78 Å². The number of nitrogens with zero attached hydrogens (tertiary/aromatic N) is 5. The van der Waals surface area contributed by atoms with E-state index in [2.05, 4.69) is 14.9 Å². The lowest BCUT2D eigenvalue weighted by Crippen LogP contribution is -2.36. The molecule has 4 heterocycles. The number of fused-ring (bicyclic) bond motifs is 2. The minimum Gasteiger partial charge on any atom is -0.354 e. The van der Waals surface area contributed by atoms with Crippen LogP contribution in [0.5, 0.6) is 0 Å². The molecule has 1 N–H and O–H groups in total. The van der Waals surface area contributed by atoms with Gasteiger partial charge in [-0.15, -0.1) is 0 Å². The average molecular weight is 378 g/mol. The molecule has 2 aliphatic rings. The molecule has 0 spiro atoms. The van der Waals surface area contributed by atoms with Crippen molar-refractivity contribution < 1.29 is 4.79 Å². The van der Waals surface area contributed by atoms with Gasteiger partial charge in [0.2, 0.25) is 0 Å². The third-order valence-electron chi connectivity index (χ3n) is 5.83. The summed E-state index contributed by atoms with van der Waals surface area (Å²) in [6.45, 7) is 2.30. The first-order valence-corrected chi connectivity index (χ1v) is 9.69. The number of H-pyrrole nitrogens is 1. The lowest BCUT2D eigenvalue weighted by atomic mass is 9.85. The number of anilines is 1. The topological polar surface area (TPSA) is 87.1 Å². The van der Waals surface area contributed by atoms with Crippen molar-refractivity contribution in [2.24, 2.45) is 5.92 Å². The van der Waals surface area contributed by atoms with Crippen LogP contribution in [0.25, 0.3) is 17.0 Å². The Labute approximate surface area is 161 Å². The van der Waals surface area contributed by atoms with Crippen LogP contribution in [0.4, 0.5) is 5.82 Å². The van der Waals surface area contributed by atoms with Crippen molar-refractivity contribution in [1.82, 2.24) is 24.4 Å². The molecule has 1 fully saturated rings. The first-order chi connectivity index (χ1) is 13.6. The Balaban J connectivity index is 1.65. The molecule has 5 rings (SSSR count). The molecule has 28 heavy (non-hydrogen) atoms. The molecule has 0 aromatic carbocycles. The Kier molecular flexibility index (Phi) is 3.92. The average Bonchev–Trinajstić information content (AvgIpc) is 2.95. The summed E-state index contributed by atoms with van der Waals surface area (Å²) in [4.78, 5) is 41.1. The molecule has 0 radical (unpaired) electrons. The molecule has 1 saturated carbocycles. The third-order valence-corrected chi connectivity index (χ3v) is 5.83. The lowest BCUT2D eigenvalue weighted by Gasteiger charge is -2.33. The highest BCUT2D eigenvalue weighted by atomic mass is 16.2. The largest absolute Gasteiger partial charge is 0.354 e. The van der Waals surface area contributed by atoms with Crippen molar-refractivity contribution >= 4 is 22.9 Å². The van der Waals surface area contributed by atoms with Crippen molar-refractivity contribution in [2.75, 3.05) is 31.6 Å². The van der Waals surface area contributed by atoms with Crippen molar-refractivity contribution in [3.63, 3.8) is 0 Å². The summed E-state index contributed by atoms with van der Waals surface area (Å²) < 4.78 is 1.52. The Hall–Kier alpha value is -3.16. The van der Waals surface area contributed by atoms with Crippen LogP contribution in [-0.4, -0.2) is 57.0 Å². The number of rotatable bonds is 3. The van der Waals surface area contributed by atoms with Gasteiger partial charge in [0.15, 0.2) is 5.65 Å². The summed E-state index contributed by atoms with van der Waals surface area (Å²) in [6, 6.07) is 7.14. The minimum atomic E-state index is -0.288. The van der Waals surface area contributed by atoms with Crippen LogP contribution in [0.2, 0.25) is 0 Å². The highest BCUT2D eigenvalue weighted by Crippen LogP contribution is 2.31. The van der Waals surface area contributed by atoms with E-state index in [1.807, 2.05) is 13.1 Å². The zero-order valence-electron chi connectivity index (χ0n) is 15.8. The summed E-state index contributed by atoms with van der Waals surface area (Å²) in [5.74, 6) is 1.79. The van der Waals surface area contributed by atoms with E-state index in [1.54, 1.807) is 29.3 Å². The van der Waals surface area contributed by atoms with E-state index in [4.69, 9.17) is 4.98 Å². The van der Waals surface area contributed by atoms with Crippen molar-refractivity contribution in [2.45, 2.75) is 19.3 Å². The second-order valence-electron chi connectivity index (χ2n) is 7.65. The van der Waals surface area contributed by atoms with Crippen LogP contribution in [0.15, 0.2) is 35.3 Å². The maximum atomic E-state index is 12.8. The molecule has 3 aromatic rings. The summed E-state index contributed by atoms with van der Waals surface area (Å²) >= 11 is 0. The van der Waals surface area contributed by atoms with Crippen molar-refractivity contribution in [1.29, 1.82) is 0 Å². The monoisotopic (exact) mass is 378 g/mol. The number of amides is 1. The smallest absolute Gasteiger partial charge is 0.333 e. The first-order valence-electron chi connectivity index (χ1n) is 9.69. The second kappa shape index (κ2) is 6.47. The quantitative estimate of drug-likeness (QED) is 0.751. The Morgan fingerprint density at radius 1 is 1.18 bits per heavy atom. The van der Waals surface area contributed by atoms with Crippen LogP contribution < -0.4 is 10.6 Å². The second-order valence-corrected chi connectivity index (χ2v) is 7.65. The van der Waals surface area contributed by atoms with Crippen LogP contribution in [-0.2, 0) is 0 Å². The van der Waals surface area contributed by atoms with Gasteiger partial charge in [-0.25, -0.2) is 19.3 Å². The summed E-state index contributed by atoms with van der Waals surface area (Å²) in [7, 11) is 1.82. The minimum absolute atomic E-state index is 0.0295. The van der Waals surface area contributed by atoms with E-state index in [-0.39, 0.29) is 11.6 Å². The van der Waals surface area contributed by atoms with Crippen LogP contribution in [0.1, 0.15) is 29.6 Å². The number of pyridine rings is 2.